The molecule has 0 bridgehead atoms. The number of aliphatic hydroxyl groups is 1. The summed E-state index contributed by atoms with van der Waals surface area (Å²) < 4.78 is 11.2. The van der Waals surface area contributed by atoms with Gasteiger partial charge in [-0.15, -0.1) is 0 Å². The molecule has 4 rings (SSSR count). The van der Waals surface area contributed by atoms with Gasteiger partial charge in [0.25, 0.3) is 11.7 Å². The number of ketones is 1. The summed E-state index contributed by atoms with van der Waals surface area (Å²) in [6.45, 7) is 5.99. The lowest BCUT2D eigenvalue weighted by atomic mass is 9.93. The molecular weight excluding hydrogens is 466 g/mol. The molecule has 0 aliphatic carbocycles. The second kappa shape index (κ2) is 9.84. The zero-order chi connectivity index (χ0) is 25.3. The van der Waals surface area contributed by atoms with Gasteiger partial charge in [-0.05, 0) is 68.3 Å². The average molecular weight is 492 g/mol. The van der Waals surface area contributed by atoms with Crippen molar-refractivity contribution in [2.24, 2.45) is 0 Å². The monoisotopic (exact) mass is 491 g/mol. The van der Waals surface area contributed by atoms with Gasteiger partial charge in [0.1, 0.15) is 5.76 Å². The molecular formula is C28H26ClNO5. The van der Waals surface area contributed by atoms with E-state index >= 15 is 0 Å². The van der Waals surface area contributed by atoms with E-state index in [-0.39, 0.29) is 11.3 Å². The Morgan fingerprint density at radius 3 is 2.49 bits per heavy atom. The van der Waals surface area contributed by atoms with Crippen molar-refractivity contribution in [1.29, 1.82) is 0 Å². The molecule has 1 heterocycles. The highest BCUT2D eigenvalue weighted by Gasteiger charge is 2.47. The van der Waals surface area contributed by atoms with Crippen molar-refractivity contribution in [2.45, 2.75) is 26.8 Å². The van der Waals surface area contributed by atoms with Gasteiger partial charge in [-0.25, -0.2) is 0 Å². The molecule has 1 aliphatic rings. The number of rotatable bonds is 6. The van der Waals surface area contributed by atoms with Gasteiger partial charge in [0.15, 0.2) is 11.5 Å². The van der Waals surface area contributed by atoms with E-state index in [0.717, 1.165) is 11.1 Å². The number of hydrogen-bond acceptors (Lipinski definition) is 5. The van der Waals surface area contributed by atoms with Crippen LogP contribution in [-0.2, 0) is 9.59 Å². The van der Waals surface area contributed by atoms with Crippen molar-refractivity contribution in [2.75, 3.05) is 18.6 Å². The fraction of sp³-hybridized carbons (Fsp3) is 0.214. The van der Waals surface area contributed by atoms with Gasteiger partial charge in [0.2, 0.25) is 0 Å². The fourth-order valence-corrected chi connectivity index (χ4v) is 4.49. The molecule has 180 valence electrons. The van der Waals surface area contributed by atoms with Crippen LogP contribution in [0.4, 0.5) is 5.69 Å². The maximum absolute atomic E-state index is 13.4. The third kappa shape index (κ3) is 4.49. The molecule has 3 aromatic rings. The standard InChI is InChI=1S/C28H26ClNO5/c1-5-35-23-14-18(11-12-22(23)34-4)25-24(26(31)21-13-16(2)9-10-17(21)3)27(32)28(33)30(25)20-8-6-7-19(29)15-20/h6-15,25,31H,5H2,1-4H3/b26-24+. The molecule has 3 aromatic carbocycles. The first kappa shape index (κ1) is 24.4. The van der Waals surface area contributed by atoms with E-state index < -0.39 is 17.7 Å². The number of anilines is 1. The molecule has 7 heteroatoms. The number of benzene rings is 3. The smallest absolute Gasteiger partial charge is 0.300 e. The highest BCUT2D eigenvalue weighted by atomic mass is 35.5. The summed E-state index contributed by atoms with van der Waals surface area (Å²) >= 11 is 6.22. The normalized spacial score (nSPS) is 17.1. The predicted octanol–water partition coefficient (Wildman–Crippen LogP) is 5.99. The van der Waals surface area contributed by atoms with E-state index in [9.17, 15) is 14.7 Å². The number of Topliss-reactive ketones (excluding diaryl/α,β-unsaturated/α-hetero) is 1. The molecule has 1 unspecified atom stereocenters. The van der Waals surface area contributed by atoms with Gasteiger partial charge in [-0.3, -0.25) is 14.5 Å². The Balaban J connectivity index is 2.00. The van der Waals surface area contributed by atoms with Crippen molar-refractivity contribution < 1.29 is 24.2 Å². The number of hydrogen-bond donors (Lipinski definition) is 1. The Labute approximate surface area is 209 Å². The minimum atomic E-state index is -0.904. The molecule has 1 atom stereocenters. The average Bonchev–Trinajstić information content (AvgIpc) is 3.10. The first-order valence-electron chi connectivity index (χ1n) is 11.2. The number of aliphatic hydroxyl groups excluding tert-OH is 1. The summed E-state index contributed by atoms with van der Waals surface area (Å²) in [5.74, 6) is -0.770. The fourth-order valence-electron chi connectivity index (χ4n) is 4.31. The lowest BCUT2D eigenvalue weighted by molar-refractivity contribution is -0.132. The zero-order valence-electron chi connectivity index (χ0n) is 20.0. The zero-order valence-corrected chi connectivity index (χ0v) is 20.7. The first-order chi connectivity index (χ1) is 16.8. The summed E-state index contributed by atoms with van der Waals surface area (Å²) in [5, 5.41) is 11.9. The molecule has 1 aliphatic heterocycles. The van der Waals surface area contributed by atoms with Crippen LogP contribution < -0.4 is 14.4 Å². The third-order valence-electron chi connectivity index (χ3n) is 5.98. The van der Waals surface area contributed by atoms with E-state index in [1.807, 2.05) is 32.9 Å². The topological polar surface area (TPSA) is 76.1 Å². The number of halogens is 1. The first-order valence-corrected chi connectivity index (χ1v) is 11.6. The second-order valence-corrected chi connectivity index (χ2v) is 8.75. The van der Waals surface area contributed by atoms with Crippen LogP contribution in [-0.4, -0.2) is 30.5 Å². The number of nitrogens with zero attached hydrogens (tertiary/aromatic N) is 1. The highest BCUT2D eigenvalue weighted by Crippen LogP contribution is 2.44. The Morgan fingerprint density at radius 2 is 1.80 bits per heavy atom. The number of amides is 1. The summed E-state index contributed by atoms with van der Waals surface area (Å²) in [5.41, 5.74) is 3.22. The predicted molar refractivity (Wildman–Crippen MR) is 136 cm³/mol. The summed E-state index contributed by atoms with van der Waals surface area (Å²) in [4.78, 5) is 28.1. The van der Waals surface area contributed by atoms with Gasteiger partial charge >= 0.3 is 0 Å². The molecule has 35 heavy (non-hydrogen) atoms. The number of ether oxygens (including phenoxy) is 2. The van der Waals surface area contributed by atoms with E-state index in [2.05, 4.69) is 0 Å². The molecule has 0 aromatic heterocycles. The summed E-state index contributed by atoms with van der Waals surface area (Å²) in [6, 6.07) is 16.6. The quantitative estimate of drug-likeness (QED) is 0.260. The van der Waals surface area contributed by atoms with Crippen molar-refractivity contribution in [3.8, 4) is 11.5 Å². The van der Waals surface area contributed by atoms with E-state index in [4.69, 9.17) is 21.1 Å². The van der Waals surface area contributed by atoms with Crippen LogP contribution in [0.2, 0.25) is 5.02 Å². The molecule has 1 fully saturated rings. The molecule has 1 amide bonds. The van der Waals surface area contributed by atoms with Crippen LogP contribution in [0.15, 0.2) is 66.2 Å². The van der Waals surface area contributed by atoms with Crippen molar-refractivity contribution in [1.82, 2.24) is 0 Å². The van der Waals surface area contributed by atoms with Gasteiger partial charge in [0.05, 0.1) is 25.3 Å². The van der Waals surface area contributed by atoms with Crippen LogP contribution in [0.5, 0.6) is 11.5 Å². The lowest BCUT2D eigenvalue weighted by Crippen LogP contribution is -2.29. The van der Waals surface area contributed by atoms with Crippen LogP contribution in [0.25, 0.3) is 5.76 Å². The minimum absolute atomic E-state index is 0.00343. The van der Waals surface area contributed by atoms with Crippen molar-refractivity contribution in [3.63, 3.8) is 0 Å². The van der Waals surface area contributed by atoms with Gasteiger partial charge < -0.3 is 14.6 Å². The maximum atomic E-state index is 13.4. The highest BCUT2D eigenvalue weighted by molar-refractivity contribution is 6.51. The molecule has 1 N–H and O–H groups in total. The third-order valence-corrected chi connectivity index (χ3v) is 6.22. The largest absolute Gasteiger partial charge is 0.507 e. The van der Waals surface area contributed by atoms with E-state index in [1.54, 1.807) is 48.5 Å². The van der Waals surface area contributed by atoms with Crippen LogP contribution in [0.1, 0.15) is 35.2 Å². The van der Waals surface area contributed by atoms with Crippen LogP contribution >= 0.6 is 11.6 Å². The maximum Gasteiger partial charge on any atom is 0.300 e. The lowest BCUT2D eigenvalue weighted by Gasteiger charge is -2.26. The molecule has 0 radical (unpaired) electrons. The molecule has 0 saturated carbocycles. The van der Waals surface area contributed by atoms with Crippen molar-refractivity contribution in [3.05, 3.63) is 93.5 Å². The Bertz CT molecular complexity index is 1350. The van der Waals surface area contributed by atoms with E-state index in [1.165, 1.54) is 12.0 Å². The second-order valence-electron chi connectivity index (χ2n) is 8.31. The SMILES string of the molecule is CCOc1cc(C2/C(=C(\O)c3cc(C)ccc3C)C(=O)C(=O)N2c2cccc(Cl)c2)ccc1OC. The number of carbonyl (C=O) groups is 2. The molecule has 1 saturated heterocycles. The Kier molecular flexibility index (Phi) is 6.85. The molecule has 6 nitrogen and oxygen atoms in total. The number of aryl methyl sites for hydroxylation is 2. The molecule has 0 spiro atoms. The van der Waals surface area contributed by atoms with Crippen molar-refractivity contribution >= 4 is 34.7 Å². The van der Waals surface area contributed by atoms with Gasteiger partial charge in [0, 0.05) is 16.3 Å². The van der Waals surface area contributed by atoms with E-state index in [0.29, 0.717) is 39.9 Å². The Morgan fingerprint density at radius 1 is 1.03 bits per heavy atom. The number of carbonyl (C=O) groups excluding carboxylic acids is 2. The summed E-state index contributed by atoms with van der Waals surface area (Å²) in [6.07, 6.45) is 0. The van der Waals surface area contributed by atoms with Gasteiger partial charge in [-0.1, -0.05) is 41.4 Å². The van der Waals surface area contributed by atoms with Gasteiger partial charge in [-0.2, -0.15) is 0 Å². The number of methoxy groups -OCH3 is 1. The Hall–Kier alpha value is -3.77. The summed E-state index contributed by atoms with van der Waals surface area (Å²) in [7, 11) is 1.54. The minimum Gasteiger partial charge on any atom is -0.507 e. The van der Waals surface area contributed by atoms with Crippen LogP contribution in [0.3, 0.4) is 0 Å². The van der Waals surface area contributed by atoms with Crippen LogP contribution in [0, 0.1) is 13.8 Å².